The number of benzene rings is 2. The van der Waals surface area contributed by atoms with E-state index in [0.717, 1.165) is 11.1 Å². The molecule has 0 aliphatic carbocycles. The fourth-order valence-electron chi connectivity index (χ4n) is 1.63. The average Bonchev–Trinajstić information content (AvgIpc) is 2.30. The van der Waals surface area contributed by atoms with Gasteiger partial charge in [-0.25, -0.2) is 0 Å². The molecule has 16 heavy (non-hydrogen) atoms. The Hall–Kier alpha value is -1.96. The lowest BCUT2D eigenvalue weighted by Gasteiger charge is -2.07. The van der Waals surface area contributed by atoms with E-state index in [2.05, 4.69) is 0 Å². The van der Waals surface area contributed by atoms with Crippen molar-refractivity contribution < 1.29 is 9.84 Å². The standard InChI is InChI=1S/C14H14O2/c1-2-16-14-9-12(8-13(15)10-14)11-6-4-3-5-7-11/h3-10,15H,2H2,1H3. The lowest BCUT2D eigenvalue weighted by Crippen LogP contribution is -1.91. The molecular weight excluding hydrogens is 200 g/mol. The molecule has 2 rings (SSSR count). The zero-order valence-electron chi connectivity index (χ0n) is 9.18. The first-order chi connectivity index (χ1) is 7.79. The summed E-state index contributed by atoms with van der Waals surface area (Å²) in [5.74, 6) is 0.922. The highest BCUT2D eigenvalue weighted by Crippen LogP contribution is 2.28. The molecule has 0 aromatic heterocycles. The zero-order valence-corrected chi connectivity index (χ0v) is 9.18. The van der Waals surface area contributed by atoms with E-state index in [1.54, 1.807) is 12.1 Å². The Morgan fingerprint density at radius 1 is 1.00 bits per heavy atom. The van der Waals surface area contributed by atoms with E-state index >= 15 is 0 Å². The van der Waals surface area contributed by atoms with Gasteiger partial charge in [0.2, 0.25) is 0 Å². The summed E-state index contributed by atoms with van der Waals surface area (Å²) in [5.41, 5.74) is 2.03. The molecule has 0 spiro atoms. The molecule has 2 aromatic carbocycles. The number of ether oxygens (including phenoxy) is 1. The van der Waals surface area contributed by atoms with Crippen LogP contribution in [0.15, 0.2) is 48.5 Å². The second-order valence-corrected chi connectivity index (χ2v) is 3.51. The van der Waals surface area contributed by atoms with Crippen LogP contribution in [-0.2, 0) is 0 Å². The number of phenols is 1. The number of hydrogen-bond acceptors (Lipinski definition) is 2. The molecule has 2 heteroatoms. The van der Waals surface area contributed by atoms with Gasteiger partial charge in [0.05, 0.1) is 6.61 Å². The highest BCUT2D eigenvalue weighted by molar-refractivity contribution is 5.66. The third kappa shape index (κ3) is 2.34. The van der Waals surface area contributed by atoms with E-state index in [0.29, 0.717) is 12.4 Å². The Labute approximate surface area is 95.1 Å². The van der Waals surface area contributed by atoms with Crippen LogP contribution in [0, 0.1) is 0 Å². The van der Waals surface area contributed by atoms with Crippen molar-refractivity contribution in [2.45, 2.75) is 6.92 Å². The summed E-state index contributed by atoms with van der Waals surface area (Å²) in [5, 5.41) is 9.60. The van der Waals surface area contributed by atoms with Crippen LogP contribution in [0.25, 0.3) is 11.1 Å². The van der Waals surface area contributed by atoms with Crippen LogP contribution < -0.4 is 4.74 Å². The Balaban J connectivity index is 2.41. The molecule has 82 valence electrons. The summed E-state index contributed by atoms with van der Waals surface area (Å²) in [6.45, 7) is 2.52. The largest absolute Gasteiger partial charge is 0.508 e. The summed E-state index contributed by atoms with van der Waals surface area (Å²) in [4.78, 5) is 0. The molecule has 1 N–H and O–H groups in total. The van der Waals surface area contributed by atoms with Crippen LogP contribution in [-0.4, -0.2) is 11.7 Å². The number of phenolic OH excluding ortho intramolecular Hbond substituents is 1. The molecule has 0 fully saturated rings. The molecule has 0 unspecified atom stereocenters. The minimum Gasteiger partial charge on any atom is -0.508 e. The van der Waals surface area contributed by atoms with Gasteiger partial charge < -0.3 is 9.84 Å². The normalized spacial score (nSPS) is 10.1. The lowest BCUT2D eigenvalue weighted by atomic mass is 10.1. The van der Waals surface area contributed by atoms with E-state index in [9.17, 15) is 5.11 Å². The molecule has 0 saturated heterocycles. The van der Waals surface area contributed by atoms with E-state index in [4.69, 9.17) is 4.74 Å². The van der Waals surface area contributed by atoms with Gasteiger partial charge in [-0.05, 0) is 30.2 Å². The first-order valence-corrected chi connectivity index (χ1v) is 5.32. The van der Waals surface area contributed by atoms with Crippen LogP contribution in [0.4, 0.5) is 0 Å². The molecule has 2 nitrogen and oxygen atoms in total. The molecule has 0 aliphatic rings. The zero-order chi connectivity index (χ0) is 11.4. The molecule has 2 aromatic rings. The summed E-state index contributed by atoms with van der Waals surface area (Å²) < 4.78 is 5.39. The second-order valence-electron chi connectivity index (χ2n) is 3.51. The quantitative estimate of drug-likeness (QED) is 0.847. The maximum atomic E-state index is 9.60. The van der Waals surface area contributed by atoms with Crippen molar-refractivity contribution in [3.05, 3.63) is 48.5 Å². The second kappa shape index (κ2) is 4.71. The summed E-state index contributed by atoms with van der Waals surface area (Å²) in [6.07, 6.45) is 0. The van der Waals surface area contributed by atoms with Gasteiger partial charge in [0.25, 0.3) is 0 Å². The predicted octanol–water partition coefficient (Wildman–Crippen LogP) is 3.46. The van der Waals surface area contributed by atoms with Crippen molar-refractivity contribution in [3.63, 3.8) is 0 Å². The molecule has 0 aliphatic heterocycles. The van der Waals surface area contributed by atoms with Crippen molar-refractivity contribution in [3.8, 4) is 22.6 Å². The molecule has 0 saturated carbocycles. The van der Waals surface area contributed by atoms with Gasteiger partial charge in [-0.2, -0.15) is 0 Å². The minimum absolute atomic E-state index is 0.227. The first-order valence-electron chi connectivity index (χ1n) is 5.32. The van der Waals surface area contributed by atoms with E-state index in [1.165, 1.54) is 0 Å². The smallest absolute Gasteiger partial charge is 0.123 e. The van der Waals surface area contributed by atoms with Crippen LogP contribution in [0.1, 0.15) is 6.92 Å². The van der Waals surface area contributed by atoms with Crippen LogP contribution in [0.2, 0.25) is 0 Å². The van der Waals surface area contributed by atoms with E-state index in [-0.39, 0.29) is 5.75 Å². The minimum atomic E-state index is 0.227. The van der Waals surface area contributed by atoms with Crippen LogP contribution in [0.5, 0.6) is 11.5 Å². The number of rotatable bonds is 3. The average molecular weight is 214 g/mol. The van der Waals surface area contributed by atoms with Gasteiger partial charge in [-0.3, -0.25) is 0 Å². The lowest BCUT2D eigenvalue weighted by molar-refractivity contribution is 0.338. The highest BCUT2D eigenvalue weighted by Gasteiger charge is 2.02. The SMILES string of the molecule is CCOc1cc(O)cc(-c2ccccc2)c1. The predicted molar refractivity (Wildman–Crippen MR) is 64.7 cm³/mol. The number of aromatic hydroxyl groups is 1. The van der Waals surface area contributed by atoms with Gasteiger partial charge in [0.15, 0.2) is 0 Å². The maximum Gasteiger partial charge on any atom is 0.123 e. The van der Waals surface area contributed by atoms with Gasteiger partial charge in [-0.1, -0.05) is 30.3 Å². The Morgan fingerprint density at radius 3 is 2.44 bits per heavy atom. The van der Waals surface area contributed by atoms with Crippen molar-refractivity contribution in [1.29, 1.82) is 0 Å². The summed E-state index contributed by atoms with van der Waals surface area (Å²) >= 11 is 0. The summed E-state index contributed by atoms with van der Waals surface area (Å²) in [6, 6.07) is 15.2. The van der Waals surface area contributed by atoms with E-state index in [1.807, 2.05) is 43.3 Å². The molecule has 0 bridgehead atoms. The third-order valence-electron chi connectivity index (χ3n) is 2.31. The molecule has 0 amide bonds. The monoisotopic (exact) mass is 214 g/mol. The first kappa shape index (κ1) is 10.6. The summed E-state index contributed by atoms with van der Waals surface area (Å²) in [7, 11) is 0. The van der Waals surface area contributed by atoms with Crippen molar-refractivity contribution >= 4 is 0 Å². The molecule has 0 heterocycles. The van der Waals surface area contributed by atoms with Gasteiger partial charge in [0.1, 0.15) is 11.5 Å². The fraction of sp³-hybridized carbons (Fsp3) is 0.143. The van der Waals surface area contributed by atoms with Gasteiger partial charge >= 0.3 is 0 Å². The molecular formula is C14H14O2. The molecule has 0 radical (unpaired) electrons. The Kier molecular flexibility index (Phi) is 3.10. The number of hydrogen-bond donors (Lipinski definition) is 1. The highest BCUT2D eigenvalue weighted by atomic mass is 16.5. The van der Waals surface area contributed by atoms with Crippen LogP contribution in [0.3, 0.4) is 0 Å². The van der Waals surface area contributed by atoms with Crippen LogP contribution >= 0.6 is 0 Å². The molecule has 0 atom stereocenters. The van der Waals surface area contributed by atoms with E-state index < -0.39 is 0 Å². The Bertz CT molecular complexity index is 463. The maximum absolute atomic E-state index is 9.60. The fourth-order valence-corrected chi connectivity index (χ4v) is 1.63. The topological polar surface area (TPSA) is 29.5 Å². The van der Waals surface area contributed by atoms with Crippen molar-refractivity contribution in [1.82, 2.24) is 0 Å². The third-order valence-corrected chi connectivity index (χ3v) is 2.31. The van der Waals surface area contributed by atoms with Gasteiger partial charge in [-0.15, -0.1) is 0 Å². The van der Waals surface area contributed by atoms with Crippen molar-refractivity contribution in [2.75, 3.05) is 6.61 Å². The van der Waals surface area contributed by atoms with Gasteiger partial charge in [0, 0.05) is 6.07 Å². The van der Waals surface area contributed by atoms with Crippen molar-refractivity contribution in [2.24, 2.45) is 0 Å². The Morgan fingerprint density at radius 2 is 1.75 bits per heavy atom.